The van der Waals surface area contributed by atoms with Crippen LogP contribution in [0.2, 0.25) is 0 Å². The molecule has 4 heterocycles. The Balaban J connectivity index is 1.21. The molecule has 4 fully saturated rings. The molecule has 0 radical (unpaired) electrons. The van der Waals surface area contributed by atoms with Crippen LogP contribution >= 0.6 is 0 Å². The summed E-state index contributed by atoms with van der Waals surface area (Å²) >= 11 is 0. The van der Waals surface area contributed by atoms with Crippen molar-refractivity contribution in [2.24, 2.45) is 23.7 Å². The minimum Gasteiger partial charge on any atom is -0.374 e. The molecule has 0 unspecified atom stereocenters. The van der Waals surface area contributed by atoms with E-state index in [-0.39, 0.29) is 60.5 Å². The van der Waals surface area contributed by atoms with Crippen molar-refractivity contribution in [3.05, 3.63) is 54.1 Å². The highest BCUT2D eigenvalue weighted by Gasteiger charge is 2.46. The molecular formula is C40H62O7S. The molecule has 0 aliphatic carbocycles. The fourth-order valence-corrected chi connectivity index (χ4v) is 9.88. The largest absolute Gasteiger partial charge is 0.374 e. The zero-order chi connectivity index (χ0) is 34.4. The highest BCUT2D eigenvalue weighted by molar-refractivity contribution is 7.91. The fourth-order valence-electron chi connectivity index (χ4n) is 8.12. The molecule has 1 aromatic carbocycles. The Morgan fingerprint density at radius 1 is 0.875 bits per heavy atom. The summed E-state index contributed by atoms with van der Waals surface area (Å²) in [5.74, 6) is 0.938. The molecule has 4 aliphatic heterocycles. The van der Waals surface area contributed by atoms with Crippen molar-refractivity contribution in [3.63, 3.8) is 0 Å². The predicted molar refractivity (Wildman–Crippen MR) is 191 cm³/mol. The van der Waals surface area contributed by atoms with Crippen LogP contribution in [0.4, 0.5) is 0 Å². The van der Waals surface area contributed by atoms with Crippen molar-refractivity contribution in [1.82, 2.24) is 0 Å². The van der Waals surface area contributed by atoms with Gasteiger partial charge in [-0.05, 0) is 98.0 Å². The summed E-state index contributed by atoms with van der Waals surface area (Å²) in [7, 11) is -3.49. The lowest BCUT2D eigenvalue weighted by Gasteiger charge is -2.38. The highest BCUT2D eigenvalue weighted by atomic mass is 32.2. The maximum absolute atomic E-state index is 13.8. The summed E-state index contributed by atoms with van der Waals surface area (Å²) in [5, 5.41) is 0. The molecule has 8 heteroatoms. The summed E-state index contributed by atoms with van der Waals surface area (Å²) in [4.78, 5) is 0.400. The van der Waals surface area contributed by atoms with Gasteiger partial charge in [-0.2, -0.15) is 0 Å². The summed E-state index contributed by atoms with van der Waals surface area (Å²) in [6, 6.07) is 7.39. The number of ether oxygens (including phenoxy) is 5. The van der Waals surface area contributed by atoms with Crippen LogP contribution < -0.4 is 0 Å². The standard InChI is InChI=1S/C40H62O7S/c1-8-26(3)21-37-30(7)35(25-48(41,42)34-15-11-31(9-2)12-16-34)39(47-37)24-38-29(6)27(4)22-32(46-38)13-17-36-28(5)23-33(45-36)14-18-40-43-19-10-20-44-40/h11-12,15-16,26-27,30,32-33,35-40H,5-6,8-10,13-14,17-25H2,1-4,7H3/t26-,27-,30-,32+,33+,35-,36+,37-,38-,39+/m1/s1. The van der Waals surface area contributed by atoms with Crippen LogP contribution in [-0.2, 0) is 39.9 Å². The molecule has 0 aromatic heterocycles. The fraction of sp³-hybridized carbons (Fsp3) is 0.750. The lowest BCUT2D eigenvalue weighted by Crippen LogP contribution is -2.38. The molecule has 0 spiro atoms. The Morgan fingerprint density at radius 3 is 2.25 bits per heavy atom. The van der Waals surface area contributed by atoms with Crippen LogP contribution in [0.3, 0.4) is 0 Å². The van der Waals surface area contributed by atoms with E-state index in [1.165, 1.54) is 5.57 Å². The molecule has 4 saturated heterocycles. The molecule has 5 rings (SSSR count). The van der Waals surface area contributed by atoms with Crippen molar-refractivity contribution in [2.75, 3.05) is 19.0 Å². The first-order chi connectivity index (χ1) is 23.0. The Morgan fingerprint density at radius 2 is 1.56 bits per heavy atom. The van der Waals surface area contributed by atoms with Gasteiger partial charge in [-0.1, -0.05) is 66.3 Å². The third kappa shape index (κ3) is 9.61. The molecule has 4 aliphatic rings. The van der Waals surface area contributed by atoms with Crippen LogP contribution in [0, 0.1) is 23.7 Å². The van der Waals surface area contributed by atoms with E-state index in [0.717, 1.165) is 88.6 Å². The van der Waals surface area contributed by atoms with Gasteiger partial charge < -0.3 is 23.7 Å². The molecule has 270 valence electrons. The third-order valence-electron chi connectivity index (χ3n) is 11.7. The third-order valence-corrected chi connectivity index (χ3v) is 13.5. The van der Waals surface area contributed by atoms with Crippen molar-refractivity contribution in [2.45, 2.75) is 153 Å². The van der Waals surface area contributed by atoms with Gasteiger partial charge in [0.05, 0.1) is 60.5 Å². The molecule has 0 bridgehead atoms. The molecule has 1 aromatic rings. The SMILES string of the molecule is C=C1C[C@H](CCC2OCCCO2)O[C@H]1CC[C@H]1C[C@@H](C)C(=C)[C@@H](C[C@@H]2O[C@H](C[C@H](C)CC)[C@H](C)[C@H]2CS(=O)(=O)c2ccc(CC)cc2)O1. The Bertz CT molecular complexity index is 1300. The topological polar surface area (TPSA) is 80.3 Å². The highest BCUT2D eigenvalue weighted by Crippen LogP contribution is 2.43. The van der Waals surface area contributed by atoms with Gasteiger partial charge in [0, 0.05) is 18.8 Å². The van der Waals surface area contributed by atoms with E-state index in [9.17, 15) is 8.42 Å². The van der Waals surface area contributed by atoms with Crippen molar-refractivity contribution in [1.29, 1.82) is 0 Å². The van der Waals surface area contributed by atoms with Gasteiger partial charge >= 0.3 is 0 Å². The van der Waals surface area contributed by atoms with E-state index in [0.29, 0.717) is 23.2 Å². The molecule has 48 heavy (non-hydrogen) atoms. The summed E-state index contributed by atoms with van der Waals surface area (Å²) in [6.45, 7) is 21.4. The van der Waals surface area contributed by atoms with Crippen LogP contribution in [-0.4, -0.2) is 70.3 Å². The van der Waals surface area contributed by atoms with Crippen LogP contribution in [0.5, 0.6) is 0 Å². The van der Waals surface area contributed by atoms with Crippen LogP contribution in [0.1, 0.15) is 104 Å². The second kappa shape index (κ2) is 17.1. The zero-order valence-electron chi connectivity index (χ0n) is 30.2. The van der Waals surface area contributed by atoms with Gasteiger partial charge in [-0.3, -0.25) is 0 Å². The quantitative estimate of drug-likeness (QED) is 0.172. The van der Waals surface area contributed by atoms with E-state index in [2.05, 4.69) is 47.8 Å². The second-order valence-electron chi connectivity index (χ2n) is 15.2. The Labute approximate surface area is 291 Å². The second-order valence-corrected chi connectivity index (χ2v) is 17.3. The van der Waals surface area contributed by atoms with Gasteiger partial charge in [-0.15, -0.1) is 0 Å². The minimum atomic E-state index is -3.49. The van der Waals surface area contributed by atoms with Crippen LogP contribution in [0.15, 0.2) is 53.5 Å². The van der Waals surface area contributed by atoms with Gasteiger partial charge in [0.15, 0.2) is 16.1 Å². The lowest BCUT2D eigenvalue weighted by molar-refractivity contribution is -0.184. The zero-order valence-corrected chi connectivity index (χ0v) is 31.1. The summed E-state index contributed by atoms with van der Waals surface area (Å²) in [6.07, 6.45) is 9.71. The smallest absolute Gasteiger partial charge is 0.178 e. The average molecular weight is 687 g/mol. The van der Waals surface area contributed by atoms with Crippen molar-refractivity contribution >= 4 is 9.84 Å². The average Bonchev–Trinajstić information content (AvgIpc) is 3.58. The summed E-state index contributed by atoms with van der Waals surface area (Å²) in [5.41, 5.74) is 3.40. The van der Waals surface area contributed by atoms with E-state index >= 15 is 0 Å². The van der Waals surface area contributed by atoms with Crippen molar-refractivity contribution in [3.8, 4) is 0 Å². The maximum Gasteiger partial charge on any atom is 0.178 e. The van der Waals surface area contributed by atoms with Gasteiger partial charge in [0.2, 0.25) is 0 Å². The molecule has 0 N–H and O–H groups in total. The van der Waals surface area contributed by atoms with Gasteiger partial charge in [0.1, 0.15) is 0 Å². The monoisotopic (exact) mass is 686 g/mol. The number of hydrogen-bond donors (Lipinski definition) is 0. The molecule has 10 atom stereocenters. The first kappa shape index (κ1) is 37.7. The lowest BCUT2D eigenvalue weighted by atomic mass is 9.81. The maximum atomic E-state index is 13.8. The first-order valence-electron chi connectivity index (χ1n) is 18.8. The van der Waals surface area contributed by atoms with E-state index in [1.807, 2.05) is 12.1 Å². The number of rotatable bonds is 15. The predicted octanol–water partition coefficient (Wildman–Crippen LogP) is 8.26. The van der Waals surface area contributed by atoms with E-state index < -0.39 is 9.84 Å². The summed E-state index contributed by atoms with van der Waals surface area (Å²) < 4.78 is 59.0. The Hall–Kier alpha value is -1.55. The van der Waals surface area contributed by atoms with E-state index in [1.54, 1.807) is 12.1 Å². The molecular weight excluding hydrogens is 625 g/mol. The van der Waals surface area contributed by atoms with Crippen LogP contribution in [0.25, 0.3) is 0 Å². The van der Waals surface area contributed by atoms with Crippen molar-refractivity contribution < 1.29 is 32.1 Å². The minimum absolute atomic E-state index is 0.0346. The molecule has 0 saturated carbocycles. The normalized spacial score (nSPS) is 34.1. The van der Waals surface area contributed by atoms with E-state index in [4.69, 9.17) is 23.7 Å². The molecule has 7 nitrogen and oxygen atoms in total. The van der Waals surface area contributed by atoms with Gasteiger partial charge in [-0.25, -0.2) is 8.42 Å². The van der Waals surface area contributed by atoms with Gasteiger partial charge in [0.25, 0.3) is 0 Å². The number of aryl methyl sites for hydroxylation is 1. The number of benzene rings is 1. The first-order valence-corrected chi connectivity index (χ1v) is 20.5. The Kier molecular flexibility index (Phi) is 13.4. The number of sulfone groups is 1. The number of hydrogen-bond acceptors (Lipinski definition) is 7. The molecule has 0 amide bonds.